The molecule has 0 saturated heterocycles. The molecule has 0 amide bonds. The molecule has 0 bridgehead atoms. The van der Waals surface area contributed by atoms with Gasteiger partial charge in [-0.25, -0.2) is 0 Å². The third-order valence-corrected chi connectivity index (χ3v) is 1.57. The quantitative estimate of drug-likeness (QED) is 0.694. The average molecular weight is 182 g/mol. The summed E-state index contributed by atoms with van der Waals surface area (Å²) in [4.78, 5) is 5.86. The molecule has 0 radical (unpaired) electrons. The van der Waals surface area contributed by atoms with Gasteiger partial charge < -0.3 is 15.2 Å². The van der Waals surface area contributed by atoms with Crippen LogP contribution in [0.1, 0.15) is 18.4 Å². The highest BCUT2D eigenvalue weighted by Crippen LogP contribution is 2.14. The maximum Gasteiger partial charge on any atom is 0.265 e. The summed E-state index contributed by atoms with van der Waals surface area (Å²) in [5, 5.41) is 3.74. The van der Waals surface area contributed by atoms with Crippen molar-refractivity contribution in [3.63, 3.8) is 0 Å². The van der Waals surface area contributed by atoms with Crippen LogP contribution in [-0.4, -0.2) is 24.2 Å². The predicted molar refractivity (Wildman–Crippen MR) is 50.4 cm³/mol. The number of aromatic nitrogens is 2. The zero-order valence-corrected chi connectivity index (χ0v) is 7.90. The minimum absolute atomic E-state index is 0.251. The molecule has 5 nitrogen and oxygen atoms in total. The third-order valence-electron chi connectivity index (χ3n) is 1.57. The zero-order chi connectivity index (χ0) is 9.84. The van der Waals surface area contributed by atoms with Crippen LogP contribution in [0.4, 0.5) is 5.95 Å². The van der Waals surface area contributed by atoms with E-state index in [2.05, 4.69) is 16.7 Å². The lowest BCUT2D eigenvalue weighted by atomic mass is 10.2. The van der Waals surface area contributed by atoms with Crippen molar-refractivity contribution in [1.82, 2.24) is 10.1 Å². The Bertz CT molecular complexity index is 281. The lowest BCUT2D eigenvalue weighted by Crippen LogP contribution is -2.12. The second kappa shape index (κ2) is 4.04. The zero-order valence-electron chi connectivity index (χ0n) is 7.90. The van der Waals surface area contributed by atoms with Crippen molar-refractivity contribution in [3.8, 4) is 0 Å². The van der Waals surface area contributed by atoms with E-state index in [-0.39, 0.29) is 6.04 Å². The van der Waals surface area contributed by atoms with Gasteiger partial charge in [0.25, 0.3) is 5.95 Å². The second-order valence-corrected chi connectivity index (χ2v) is 2.96. The molecule has 0 aliphatic heterocycles. The van der Waals surface area contributed by atoms with Gasteiger partial charge in [0.15, 0.2) is 0 Å². The minimum Gasteiger partial charge on any atom is -0.344 e. The van der Waals surface area contributed by atoms with Crippen LogP contribution in [0.25, 0.3) is 0 Å². The van der Waals surface area contributed by atoms with Crippen LogP contribution < -0.4 is 10.6 Å². The molecular formula is C8H14N4O. The molecular weight excluding hydrogens is 168 g/mol. The number of anilines is 1. The van der Waals surface area contributed by atoms with E-state index in [9.17, 15) is 0 Å². The molecule has 1 aromatic heterocycles. The number of hydrogen-bond donors (Lipinski definition) is 1. The van der Waals surface area contributed by atoms with Gasteiger partial charge in [-0.1, -0.05) is 6.08 Å². The van der Waals surface area contributed by atoms with Crippen molar-refractivity contribution in [2.45, 2.75) is 12.5 Å². The molecule has 72 valence electrons. The van der Waals surface area contributed by atoms with Gasteiger partial charge in [0.2, 0.25) is 5.89 Å². The van der Waals surface area contributed by atoms with Crippen LogP contribution in [-0.2, 0) is 0 Å². The van der Waals surface area contributed by atoms with E-state index in [4.69, 9.17) is 10.3 Å². The van der Waals surface area contributed by atoms with Crippen LogP contribution in [0.2, 0.25) is 0 Å². The molecule has 0 spiro atoms. The predicted octanol–water partition coefficient (Wildman–Crippen LogP) is 0.711. The highest BCUT2D eigenvalue weighted by Gasteiger charge is 2.13. The molecule has 2 N–H and O–H groups in total. The third kappa shape index (κ3) is 2.29. The summed E-state index contributed by atoms with van der Waals surface area (Å²) in [7, 11) is 3.68. The van der Waals surface area contributed by atoms with E-state index in [1.54, 1.807) is 11.0 Å². The number of rotatable bonds is 4. The highest BCUT2D eigenvalue weighted by atomic mass is 16.5. The minimum atomic E-state index is -0.251. The van der Waals surface area contributed by atoms with Crippen LogP contribution >= 0.6 is 0 Å². The van der Waals surface area contributed by atoms with Crippen molar-refractivity contribution in [2.75, 3.05) is 19.0 Å². The van der Waals surface area contributed by atoms with E-state index in [1.165, 1.54) is 0 Å². The fraction of sp³-hybridized carbons (Fsp3) is 0.500. The first-order chi connectivity index (χ1) is 6.15. The Balaban J connectivity index is 2.73. The van der Waals surface area contributed by atoms with Crippen LogP contribution in [0, 0.1) is 0 Å². The number of nitrogens with zero attached hydrogens (tertiary/aromatic N) is 3. The molecule has 0 saturated carbocycles. The summed E-state index contributed by atoms with van der Waals surface area (Å²) in [6, 6.07) is -0.251. The normalized spacial score (nSPS) is 12.5. The smallest absolute Gasteiger partial charge is 0.265 e. The van der Waals surface area contributed by atoms with E-state index < -0.39 is 0 Å². The average Bonchev–Trinajstić information content (AvgIpc) is 2.52. The van der Waals surface area contributed by atoms with Gasteiger partial charge in [-0.3, -0.25) is 0 Å². The first kappa shape index (κ1) is 9.73. The molecule has 0 aliphatic carbocycles. The van der Waals surface area contributed by atoms with Gasteiger partial charge in [0.05, 0.1) is 6.04 Å². The second-order valence-electron chi connectivity index (χ2n) is 2.96. The summed E-state index contributed by atoms with van der Waals surface area (Å²) < 4.78 is 4.96. The van der Waals surface area contributed by atoms with E-state index >= 15 is 0 Å². The SMILES string of the molecule is C=CCC(N)c1nc(N(C)C)no1. The molecule has 0 aliphatic rings. The fourth-order valence-electron chi connectivity index (χ4n) is 0.840. The number of hydrogen-bond acceptors (Lipinski definition) is 5. The largest absolute Gasteiger partial charge is 0.344 e. The van der Waals surface area contributed by atoms with E-state index in [1.807, 2.05) is 14.1 Å². The molecule has 13 heavy (non-hydrogen) atoms. The summed E-state index contributed by atoms with van der Waals surface area (Å²) in [6.45, 7) is 3.59. The van der Waals surface area contributed by atoms with Gasteiger partial charge >= 0.3 is 0 Å². The topological polar surface area (TPSA) is 68.2 Å². The van der Waals surface area contributed by atoms with Crippen LogP contribution in [0.15, 0.2) is 17.2 Å². The van der Waals surface area contributed by atoms with Gasteiger partial charge in [-0.05, 0) is 11.6 Å². The van der Waals surface area contributed by atoms with Gasteiger partial charge in [-0.15, -0.1) is 6.58 Å². The first-order valence-electron chi connectivity index (χ1n) is 4.02. The summed E-state index contributed by atoms with van der Waals surface area (Å²) in [5.74, 6) is 0.984. The highest BCUT2D eigenvalue weighted by molar-refractivity contribution is 5.24. The van der Waals surface area contributed by atoms with Crippen molar-refractivity contribution in [3.05, 3.63) is 18.5 Å². The fourth-order valence-corrected chi connectivity index (χ4v) is 0.840. The Labute approximate surface area is 77.2 Å². The molecule has 0 fully saturated rings. The Morgan fingerprint density at radius 2 is 2.38 bits per heavy atom. The molecule has 1 unspecified atom stereocenters. The van der Waals surface area contributed by atoms with E-state index in [0.717, 1.165) is 0 Å². The monoisotopic (exact) mass is 182 g/mol. The maximum atomic E-state index is 5.73. The van der Waals surface area contributed by atoms with E-state index in [0.29, 0.717) is 18.3 Å². The standard InChI is InChI=1S/C8H14N4O/c1-4-5-6(9)7-10-8(11-13-7)12(2)3/h4,6H,1,5,9H2,2-3H3. The summed E-state index contributed by atoms with van der Waals surface area (Å²) >= 11 is 0. The van der Waals surface area contributed by atoms with Gasteiger partial charge in [0, 0.05) is 14.1 Å². The Morgan fingerprint density at radius 1 is 1.69 bits per heavy atom. The molecule has 1 rings (SSSR count). The Hall–Kier alpha value is -1.36. The van der Waals surface area contributed by atoms with Gasteiger partial charge in [0.1, 0.15) is 0 Å². The molecule has 5 heteroatoms. The molecule has 1 heterocycles. The van der Waals surface area contributed by atoms with Crippen molar-refractivity contribution < 1.29 is 4.52 Å². The summed E-state index contributed by atoms with van der Waals surface area (Å²) in [6.07, 6.45) is 2.36. The van der Waals surface area contributed by atoms with Crippen molar-refractivity contribution in [1.29, 1.82) is 0 Å². The molecule has 1 aromatic rings. The Morgan fingerprint density at radius 3 is 2.85 bits per heavy atom. The lowest BCUT2D eigenvalue weighted by Gasteiger charge is -2.03. The van der Waals surface area contributed by atoms with Crippen LogP contribution in [0.5, 0.6) is 0 Å². The van der Waals surface area contributed by atoms with Crippen molar-refractivity contribution in [2.24, 2.45) is 5.73 Å². The molecule has 0 aromatic carbocycles. The Kier molecular flexibility index (Phi) is 3.02. The van der Waals surface area contributed by atoms with Gasteiger partial charge in [-0.2, -0.15) is 4.98 Å². The molecule has 1 atom stereocenters. The first-order valence-corrected chi connectivity index (χ1v) is 4.02. The van der Waals surface area contributed by atoms with Crippen LogP contribution in [0.3, 0.4) is 0 Å². The number of nitrogens with two attached hydrogens (primary N) is 1. The summed E-state index contributed by atoms with van der Waals surface area (Å²) in [5.41, 5.74) is 5.73. The maximum absolute atomic E-state index is 5.73. The lowest BCUT2D eigenvalue weighted by molar-refractivity contribution is 0.355. The van der Waals surface area contributed by atoms with Crippen molar-refractivity contribution >= 4 is 5.95 Å².